The molecule has 3 radical (unpaired) electrons. The summed E-state index contributed by atoms with van der Waals surface area (Å²) >= 11 is 0. The van der Waals surface area contributed by atoms with Gasteiger partial charge in [0.25, 0.3) is 0 Å². The van der Waals surface area contributed by atoms with Gasteiger partial charge in [-0.25, -0.2) is 0 Å². The zero-order valence-electron chi connectivity index (χ0n) is 7.03. The maximum absolute atomic E-state index is 10.2. The molecule has 0 aromatic heterocycles. The van der Waals surface area contributed by atoms with Crippen LogP contribution in [0.5, 0.6) is 0 Å². The van der Waals surface area contributed by atoms with E-state index in [2.05, 4.69) is 0 Å². The molecule has 1 rings (SSSR count). The first kappa shape index (κ1) is 15.6. The van der Waals surface area contributed by atoms with E-state index in [0.717, 1.165) is 17.3 Å². The van der Waals surface area contributed by atoms with E-state index in [1.54, 1.807) is 0 Å². The summed E-state index contributed by atoms with van der Waals surface area (Å²) in [4.78, 5) is 10.2. The molecule has 1 aromatic carbocycles. The van der Waals surface area contributed by atoms with E-state index in [0.29, 0.717) is 0 Å². The Hall–Kier alpha value is 1.16. The second-order valence-corrected chi connectivity index (χ2v) is 2.07. The molecule has 0 saturated carbocycles. The normalized spacial score (nSPS) is 7.42. The van der Waals surface area contributed by atoms with E-state index in [1.807, 2.05) is 38.4 Å². The number of carbonyl (C=O) groups is 1. The molecule has 55 valence electrons. The Bertz CT molecular complexity index is 223. The fourth-order valence-corrected chi connectivity index (χ4v) is 0.767. The first-order chi connectivity index (χ1) is 4.86. The molecule has 0 aliphatic carbocycles. The SMILES string of the molecule is C[B]c1ccc(C=O)cc1.[Y].[Y]. The summed E-state index contributed by atoms with van der Waals surface area (Å²) in [5.41, 5.74) is 1.87. The first-order valence-corrected chi connectivity index (χ1v) is 3.21. The van der Waals surface area contributed by atoms with E-state index in [9.17, 15) is 4.79 Å². The summed E-state index contributed by atoms with van der Waals surface area (Å²) in [6.45, 7) is 1.97. The van der Waals surface area contributed by atoms with Crippen LogP contribution in [0.2, 0.25) is 6.82 Å². The van der Waals surface area contributed by atoms with Crippen LogP contribution in [-0.2, 0) is 65.4 Å². The standard InChI is InChI=1S/C8H8BO.2Y/c1-9-8-4-2-7(6-10)3-5-8;;/h2-6H,1H3;;. The molecule has 0 atom stereocenters. The summed E-state index contributed by atoms with van der Waals surface area (Å²) in [6, 6.07) is 7.46. The van der Waals surface area contributed by atoms with Crippen LogP contribution in [-0.4, -0.2) is 13.6 Å². The second-order valence-electron chi connectivity index (χ2n) is 2.07. The van der Waals surface area contributed by atoms with Crippen molar-refractivity contribution >= 4 is 19.0 Å². The third kappa shape index (κ3) is 5.01. The third-order valence-corrected chi connectivity index (χ3v) is 1.41. The number of rotatable bonds is 2. The Balaban J connectivity index is 0. The number of carbonyl (C=O) groups excluding carboxylic acids is 1. The molecule has 0 bridgehead atoms. The van der Waals surface area contributed by atoms with E-state index in [-0.39, 0.29) is 65.4 Å². The zero-order chi connectivity index (χ0) is 7.40. The van der Waals surface area contributed by atoms with Gasteiger partial charge in [0.15, 0.2) is 0 Å². The van der Waals surface area contributed by atoms with Crippen molar-refractivity contribution in [3.8, 4) is 0 Å². The van der Waals surface area contributed by atoms with Crippen LogP contribution in [0.1, 0.15) is 10.4 Å². The van der Waals surface area contributed by atoms with Gasteiger partial charge in [0.2, 0.25) is 0 Å². The molecule has 0 heterocycles. The largest absolute Gasteiger partial charge is 0.298 e. The van der Waals surface area contributed by atoms with Gasteiger partial charge in [0.1, 0.15) is 13.6 Å². The summed E-state index contributed by atoms with van der Waals surface area (Å²) in [7, 11) is 1.99. The van der Waals surface area contributed by atoms with Crippen LogP contribution >= 0.6 is 0 Å². The van der Waals surface area contributed by atoms with Crippen molar-refractivity contribution in [3.63, 3.8) is 0 Å². The maximum Gasteiger partial charge on any atom is 0.150 e. The van der Waals surface area contributed by atoms with E-state index < -0.39 is 0 Å². The fourth-order valence-electron chi connectivity index (χ4n) is 0.767. The minimum Gasteiger partial charge on any atom is -0.298 e. The van der Waals surface area contributed by atoms with Crippen molar-refractivity contribution in [2.75, 3.05) is 0 Å². The van der Waals surface area contributed by atoms with Crippen molar-refractivity contribution in [1.82, 2.24) is 0 Å². The maximum atomic E-state index is 10.2. The molecule has 12 heavy (non-hydrogen) atoms. The Morgan fingerprint density at radius 3 is 2.00 bits per heavy atom. The first-order valence-electron chi connectivity index (χ1n) is 3.21. The number of benzene rings is 1. The quantitative estimate of drug-likeness (QED) is 0.585. The van der Waals surface area contributed by atoms with Gasteiger partial charge in [-0.05, 0) is 0 Å². The van der Waals surface area contributed by atoms with Gasteiger partial charge in [-0.1, -0.05) is 36.6 Å². The number of hydrogen-bond donors (Lipinski definition) is 0. The van der Waals surface area contributed by atoms with Crippen molar-refractivity contribution < 1.29 is 70.2 Å². The molecule has 0 spiro atoms. The van der Waals surface area contributed by atoms with Gasteiger partial charge in [0.05, 0.1) is 0 Å². The summed E-state index contributed by atoms with van der Waals surface area (Å²) < 4.78 is 0. The van der Waals surface area contributed by atoms with Crippen LogP contribution in [0.4, 0.5) is 0 Å². The number of hydrogen-bond acceptors (Lipinski definition) is 1. The van der Waals surface area contributed by atoms with Crippen LogP contribution < -0.4 is 5.46 Å². The van der Waals surface area contributed by atoms with Crippen LogP contribution in [0, 0.1) is 0 Å². The summed E-state index contributed by atoms with van der Waals surface area (Å²) in [5.74, 6) is 0. The topological polar surface area (TPSA) is 17.1 Å². The Labute approximate surface area is 124 Å². The Kier molecular flexibility index (Phi) is 11.4. The minimum absolute atomic E-state index is 0. The van der Waals surface area contributed by atoms with Gasteiger partial charge >= 0.3 is 0 Å². The summed E-state index contributed by atoms with van der Waals surface area (Å²) in [5, 5.41) is 0. The van der Waals surface area contributed by atoms with Crippen molar-refractivity contribution in [1.29, 1.82) is 0 Å². The molecule has 1 aromatic rings. The van der Waals surface area contributed by atoms with Crippen LogP contribution in [0.3, 0.4) is 0 Å². The van der Waals surface area contributed by atoms with Crippen LogP contribution in [0.25, 0.3) is 0 Å². The molecule has 0 unspecified atom stereocenters. The molecule has 0 fully saturated rings. The molecular weight excluding hydrogens is 301 g/mol. The second kappa shape index (κ2) is 8.75. The smallest absolute Gasteiger partial charge is 0.150 e. The average molecular weight is 309 g/mol. The third-order valence-electron chi connectivity index (χ3n) is 1.41. The van der Waals surface area contributed by atoms with Crippen molar-refractivity contribution in [2.24, 2.45) is 0 Å². The Morgan fingerprint density at radius 1 is 1.17 bits per heavy atom. The molecule has 0 N–H and O–H groups in total. The van der Waals surface area contributed by atoms with Gasteiger partial charge < -0.3 is 0 Å². The van der Waals surface area contributed by atoms with Crippen molar-refractivity contribution in [2.45, 2.75) is 6.82 Å². The van der Waals surface area contributed by atoms with Crippen molar-refractivity contribution in [3.05, 3.63) is 29.8 Å². The molecule has 0 saturated heterocycles. The predicted octanol–water partition coefficient (Wildman–Crippen LogP) is 0.872. The minimum atomic E-state index is 0. The Morgan fingerprint density at radius 2 is 1.67 bits per heavy atom. The molecule has 0 amide bonds. The molecular formula is C8H8BOY2. The fraction of sp³-hybridized carbons (Fsp3) is 0.125. The zero-order valence-corrected chi connectivity index (χ0v) is 12.7. The molecule has 0 aliphatic heterocycles. The molecule has 4 heteroatoms. The van der Waals surface area contributed by atoms with Gasteiger partial charge in [-0.15, -0.1) is 0 Å². The van der Waals surface area contributed by atoms with Gasteiger partial charge in [-0.2, -0.15) is 0 Å². The average Bonchev–Trinajstić information content (AvgIpc) is 2.05. The molecule has 0 aliphatic rings. The summed E-state index contributed by atoms with van der Waals surface area (Å²) in [6.07, 6.45) is 0.847. The van der Waals surface area contributed by atoms with Gasteiger partial charge in [0, 0.05) is 71.0 Å². The number of aldehydes is 1. The monoisotopic (exact) mass is 309 g/mol. The van der Waals surface area contributed by atoms with Crippen LogP contribution in [0.15, 0.2) is 24.3 Å². The molecule has 1 nitrogen and oxygen atoms in total. The van der Waals surface area contributed by atoms with Gasteiger partial charge in [-0.3, -0.25) is 4.79 Å². The van der Waals surface area contributed by atoms with E-state index in [1.165, 1.54) is 0 Å². The predicted molar refractivity (Wildman–Crippen MR) is 43.1 cm³/mol. The van der Waals surface area contributed by atoms with E-state index in [4.69, 9.17) is 0 Å². The van der Waals surface area contributed by atoms with E-state index >= 15 is 0 Å².